The lowest BCUT2D eigenvalue weighted by Crippen LogP contribution is -2.24. The number of fused-ring (bicyclic) bond motifs is 1. The normalized spacial score (nSPS) is 18.4. The van der Waals surface area contributed by atoms with Crippen molar-refractivity contribution in [3.63, 3.8) is 0 Å². The molecular formula is C21H24N4O3S2. The number of hydrogen-bond acceptors (Lipinski definition) is 6. The molecule has 30 heavy (non-hydrogen) atoms. The lowest BCUT2D eigenvalue weighted by atomic mass is 10.1. The first-order chi connectivity index (χ1) is 14.2. The highest BCUT2D eigenvalue weighted by Crippen LogP contribution is 2.27. The molecule has 3 heterocycles. The molecular weight excluding hydrogens is 420 g/mol. The van der Waals surface area contributed by atoms with Gasteiger partial charge < -0.3 is 4.90 Å². The number of carbonyl (C=O) groups excluding carboxylic acids is 1. The molecule has 0 saturated carbocycles. The zero-order valence-electron chi connectivity index (χ0n) is 17.2. The number of amides is 1. The molecule has 0 aliphatic carbocycles. The molecule has 1 aromatic carbocycles. The Morgan fingerprint density at radius 2 is 2.10 bits per heavy atom. The van der Waals surface area contributed by atoms with Gasteiger partial charge in [-0.1, -0.05) is 12.1 Å². The summed E-state index contributed by atoms with van der Waals surface area (Å²) in [6.07, 6.45) is 3.87. The van der Waals surface area contributed by atoms with Gasteiger partial charge in [-0.05, 0) is 38.5 Å². The van der Waals surface area contributed by atoms with Crippen molar-refractivity contribution in [3.05, 3.63) is 52.3 Å². The summed E-state index contributed by atoms with van der Waals surface area (Å²) in [5.74, 6) is 0.221. The molecule has 7 nitrogen and oxygen atoms in total. The number of nitrogens with zero attached hydrogens (tertiary/aromatic N) is 4. The molecule has 0 bridgehead atoms. The van der Waals surface area contributed by atoms with E-state index in [2.05, 4.69) is 10.1 Å². The third kappa shape index (κ3) is 4.17. The van der Waals surface area contributed by atoms with Gasteiger partial charge in [-0.2, -0.15) is 5.10 Å². The molecule has 3 aromatic rings. The van der Waals surface area contributed by atoms with E-state index in [0.717, 1.165) is 32.2 Å². The Morgan fingerprint density at radius 3 is 2.80 bits per heavy atom. The number of sulfone groups is 1. The molecule has 4 rings (SSSR count). The van der Waals surface area contributed by atoms with E-state index in [1.54, 1.807) is 29.4 Å². The van der Waals surface area contributed by atoms with E-state index in [9.17, 15) is 13.2 Å². The van der Waals surface area contributed by atoms with E-state index < -0.39 is 9.84 Å². The number of para-hydroxylation sites is 1. The van der Waals surface area contributed by atoms with Gasteiger partial charge in [0.05, 0.1) is 33.5 Å². The van der Waals surface area contributed by atoms with Gasteiger partial charge in [-0.3, -0.25) is 9.48 Å². The maximum atomic E-state index is 12.6. The van der Waals surface area contributed by atoms with E-state index >= 15 is 0 Å². The van der Waals surface area contributed by atoms with Crippen LogP contribution in [0.3, 0.4) is 0 Å². The fourth-order valence-corrected chi connectivity index (χ4v) is 6.36. The first kappa shape index (κ1) is 20.7. The van der Waals surface area contributed by atoms with Crippen molar-refractivity contribution in [2.24, 2.45) is 0 Å². The maximum Gasteiger partial charge on any atom is 0.246 e. The minimum absolute atomic E-state index is 0.121. The quantitative estimate of drug-likeness (QED) is 0.565. The Kier molecular flexibility index (Phi) is 5.50. The third-order valence-electron chi connectivity index (χ3n) is 5.48. The molecule has 9 heteroatoms. The molecule has 1 aliphatic rings. The second-order valence-corrected chi connectivity index (χ2v) is 11.0. The molecule has 1 saturated heterocycles. The fraction of sp³-hybridized carbons (Fsp3) is 0.381. The van der Waals surface area contributed by atoms with E-state index in [-0.39, 0.29) is 23.5 Å². The van der Waals surface area contributed by atoms with Crippen molar-refractivity contribution in [2.75, 3.05) is 18.6 Å². The summed E-state index contributed by atoms with van der Waals surface area (Å²) in [5.41, 5.74) is 3.63. The van der Waals surface area contributed by atoms with Gasteiger partial charge in [-0.25, -0.2) is 13.4 Å². The lowest BCUT2D eigenvalue weighted by molar-refractivity contribution is -0.125. The molecule has 1 atom stereocenters. The van der Waals surface area contributed by atoms with Crippen LogP contribution >= 0.6 is 11.3 Å². The van der Waals surface area contributed by atoms with Gasteiger partial charge in [0.2, 0.25) is 5.91 Å². The minimum atomic E-state index is -2.98. The topological polar surface area (TPSA) is 85.2 Å². The zero-order chi connectivity index (χ0) is 21.5. The second-order valence-electron chi connectivity index (χ2n) is 7.70. The van der Waals surface area contributed by atoms with E-state index in [1.165, 1.54) is 6.08 Å². The Morgan fingerprint density at radius 1 is 1.33 bits per heavy atom. The van der Waals surface area contributed by atoms with Gasteiger partial charge in [0.15, 0.2) is 9.84 Å². The van der Waals surface area contributed by atoms with E-state index in [4.69, 9.17) is 0 Å². The minimum Gasteiger partial charge on any atom is -0.338 e. The highest BCUT2D eigenvalue weighted by Gasteiger charge is 2.31. The standard InChI is InChI=1S/C21H24N4O3S2/c1-14-17(15(2)25(23-14)16-10-11-30(27,28)13-16)12-24(3)21(26)9-8-20-22-18-6-4-5-7-19(18)29-20/h4-9,16H,10-13H2,1-3H3/b9-8+. The van der Waals surface area contributed by atoms with Crippen LogP contribution < -0.4 is 0 Å². The fourth-order valence-electron chi connectivity index (χ4n) is 3.80. The van der Waals surface area contributed by atoms with Crippen LogP contribution in [0.15, 0.2) is 30.3 Å². The Bertz CT molecular complexity index is 1210. The Labute approximate surface area is 180 Å². The number of likely N-dealkylation sites (N-methyl/N-ethyl adjacent to an activating group) is 1. The van der Waals surface area contributed by atoms with Crippen LogP contribution in [0.25, 0.3) is 16.3 Å². The number of thiazole rings is 1. The number of hydrogen-bond donors (Lipinski definition) is 0. The summed E-state index contributed by atoms with van der Waals surface area (Å²) in [5, 5.41) is 5.37. The van der Waals surface area contributed by atoms with Gasteiger partial charge in [0.1, 0.15) is 5.01 Å². The van der Waals surface area contributed by atoms with Crippen molar-refractivity contribution in [2.45, 2.75) is 32.9 Å². The number of aromatic nitrogens is 3. The Hall–Kier alpha value is -2.52. The average molecular weight is 445 g/mol. The van der Waals surface area contributed by atoms with Crippen molar-refractivity contribution in [1.82, 2.24) is 19.7 Å². The first-order valence-corrected chi connectivity index (χ1v) is 12.4. The molecule has 0 spiro atoms. The monoisotopic (exact) mass is 444 g/mol. The molecule has 158 valence electrons. The zero-order valence-corrected chi connectivity index (χ0v) is 18.8. The third-order valence-corrected chi connectivity index (χ3v) is 8.23. The maximum absolute atomic E-state index is 12.6. The summed E-state index contributed by atoms with van der Waals surface area (Å²) in [7, 11) is -1.23. The molecule has 1 fully saturated rings. The number of aryl methyl sites for hydroxylation is 1. The van der Waals surface area contributed by atoms with Gasteiger partial charge in [0.25, 0.3) is 0 Å². The first-order valence-electron chi connectivity index (χ1n) is 9.77. The highest BCUT2D eigenvalue weighted by molar-refractivity contribution is 7.91. The van der Waals surface area contributed by atoms with Crippen LogP contribution in [0.4, 0.5) is 0 Å². The van der Waals surface area contributed by atoms with Crippen molar-refractivity contribution < 1.29 is 13.2 Å². The molecule has 1 amide bonds. The summed E-state index contributed by atoms with van der Waals surface area (Å²) in [4.78, 5) is 18.8. The Balaban J connectivity index is 1.46. The van der Waals surface area contributed by atoms with Crippen LogP contribution in [0.2, 0.25) is 0 Å². The molecule has 2 aromatic heterocycles. The molecule has 0 radical (unpaired) electrons. The highest BCUT2D eigenvalue weighted by atomic mass is 32.2. The van der Waals surface area contributed by atoms with Crippen molar-refractivity contribution >= 4 is 43.4 Å². The predicted octanol–water partition coefficient (Wildman–Crippen LogP) is 3.14. The summed E-state index contributed by atoms with van der Waals surface area (Å²) < 4.78 is 26.6. The largest absolute Gasteiger partial charge is 0.338 e. The van der Waals surface area contributed by atoms with Gasteiger partial charge >= 0.3 is 0 Å². The summed E-state index contributed by atoms with van der Waals surface area (Å²) >= 11 is 1.55. The van der Waals surface area contributed by atoms with Crippen LogP contribution in [0, 0.1) is 13.8 Å². The second kappa shape index (κ2) is 7.96. The average Bonchev–Trinajstić information content (AvgIpc) is 3.36. The van der Waals surface area contributed by atoms with Crippen LogP contribution in [0.1, 0.15) is 34.4 Å². The molecule has 0 N–H and O–H groups in total. The van der Waals surface area contributed by atoms with Crippen LogP contribution in [-0.4, -0.2) is 52.5 Å². The summed E-state index contributed by atoms with van der Waals surface area (Å²) in [6.45, 7) is 4.26. The van der Waals surface area contributed by atoms with Gasteiger partial charge in [0, 0.05) is 30.9 Å². The smallest absolute Gasteiger partial charge is 0.246 e. The van der Waals surface area contributed by atoms with Crippen molar-refractivity contribution in [3.8, 4) is 0 Å². The van der Waals surface area contributed by atoms with E-state index in [0.29, 0.717) is 13.0 Å². The predicted molar refractivity (Wildman–Crippen MR) is 119 cm³/mol. The summed E-state index contributed by atoms with van der Waals surface area (Å²) in [6, 6.07) is 7.76. The van der Waals surface area contributed by atoms with Crippen molar-refractivity contribution in [1.29, 1.82) is 0 Å². The molecule has 1 aliphatic heterocycles. The van der Waals surface area contributed by atoms with E-state index in [1.807, 2.05) is 42.8 Å². The SMILES string of the molecule is Cc1nn(C2CCS(=O)(=O)C2)c(C)c1CN(C)C(=O)/C=C/c1nc2ccccc2s1. The van der Waals surface area contributed by atoms with Gasteiger partial charge in [-0.15, -0.1) is 11.3 Å². The number of benzene rings is 1. The molecule has 1 unspecified atom stereocenters. The lowest BCUT2D eigenvalue weighted by Gasteiger charge is -2.16. The van der Waals surface area contributed by atoms with Crippen LogP contribution in [0.5, 0.6) is 0 Å². The van der Waals surface area contributed by atoms with Crippen LogP contribution in [-0.2, 0) is 21.2 Å². The number of rotatable bonds is 5. The number of carbonyl (C=O) groups is 1.